The van der Waals surface area contributed by atoms with Crippen molar-refractivity contribution in [3.63, 3.8) is 0 Å². The van der Waals surface area contributed by atoms with Crippen LogP contribution in [0.4, 0.5) is 0 Å². The Bertz CT molecular complexity index is 2850. The summed E-state index contributed by atoms with van der Waals surface area (Å²) in [5.74, 6) is 1.15. The molecule has 1 aliphatic heterocycles. The van der Waals surface area contributed by atoms with Gasteiger partial charge in [0.05, 0.1) is 17.1 Å². The molecule has 1 aliphatic carbocycles. The maximum atomic E-state index is 8.21. The fourth-order valence-corrected chi connectivity index (χ4v) is 9.10. The number of pyridine rings is 2. The quantitative estimate of drug-likeness (QED) is 0.0490. The molecule has 6 nitrogen and oxygen atoms in total. The fraction of sp³-hybridized carbons (Fsp3) is 0.306. The Kier molecular flexibility index (Phi) is 16.5. The second-order valence-corrected chi connectivity index (χ2v) is 19.8. The molecule has 4 heterocycles. The van der Waals surface area contributed by atoms with Crippen LogP contribution in [0, 0.1) is 30.6 Å². The van der Waals surface area contributed by atoms with Crippen LogP contribution < -0.4 is 5.32 Å². The van der Waals surface area contributed by atoms with Crippen LogP contribution in [0.15, 0.2) is 164 Å². The monoisotopic (exact) mass is 899 g/mol. The van der Waals surface area contributed by atoms with E-state index in [0.717, 1.165) is 124 Å². The second kappa shape index (κ2) is 22.8. The van der Waals surface area contributed by atoms with Crippen molar-refractivity contribution in [1.29, 1.82) is 5.41 Å². The number of nitrogens with one attached hydrogen (secondary N) is 2. The van der Waals surface area contributed by atoms with Crippen molar-refractivity contribution in [2.24, 2.45) is 11.3 Å². The SMILES string of the molecule is C=C(/C=C(\C=C(/C)c1cc(C/C=C(\CC(C)C2C=CC=C(C)N2)CC(C)(C)CCC(C)=N)cc(-c2cc(Cc3ccccc3)nc(C3=CCCC=C3)n2)c1)c1cccc(C)n1)c1cccc(C)n1. The van der Waals surface area contributed by atoms with Crippen molar-refractivity contribution < 1.29 is 0 Å². The highest BCUT2D eigenvalue weighted by Crippen LogP contribution is 2.36. The molecule has 2 aromatic carbocycles. The smallest absolute Gasteiger partial charge is 0.159 e. The normalized spacial score (nSPS) is 15.9. The predicted molar refractivity (Wildman–Crippen MR) is 288 cm³/mol. The van der Waals surface area contributed by atoms with Gasteiger partial charge in [-0.1, -0.05) is 118 Å². The molecule has 0 radical (unpaired) electrons. The molecule has 2 atom stereocenters. The van der Waals surface area contributed by atoms with E-state index < -0.39 is 0 Å². The first-order chi connectivity index (χ1) is 32.7. The summed E-state index contributed by atoms with van der Waals surface area (Å²) < 4.78 is 0. The van der Waals surface area contributed by atoms with E-state index in [2.05, 4.69) is 168 Å². The summed E-state index contributed by atoms with van der Waals surface area (Å²) in [4.78, 5) is 20.3. The zero-order valence-electron chi connectivity index (χ0n) is 41.7. The molecule has 68 heavy (non-hydrogen) atoms. The topological polar surface area (TPSA) is 87.4 Å². The molecular formula is C62H70N6. The van der Waals surface area contributed by atoms with Gasteiger partial charge in [-0.2, -0.15) is 0 Å². The van der Waals surface area contributed by atoms with Gasteiger partial charge in [-0.05, 0) is 179 Å². The van der Waals surface area contributed by atoms with Crippen molar-refractivity contribution in [3.8, 4) is 11.3 Å². The minimum absolute atomic E-state index is 0.0468. The number of aromatic nitrogens is 4. The van der Waals surface area contributed by atoms with Gasteiger partial charge in [0, 0.05) is 57.7 Å². The largest absolute Gasteiger partial charge is 0.382 e. The van der Waals surface area contributed by atoms with Gasteiger partial charge in [-0.25, -0.2) is 9.97 Å². The molecule has 7 rings (SSSR count). The summed E-state index contributed by atoms with van der Waals surface area (Å²) in [6, 6.07) is 32.2. The Morgan fingerprint density at radius 3 is 2.31 bits per heavy atom. The average Bonchev–Trinajstić information content (AvgIpc) is 3.32. The fourth-order valence-electron chi connectivity index (χ4n) is 9.10. The van der Waals surface area contributed by atoms with Crippen molar-refractivity contribution >= 4 is 28.0 Å². The van der Waals surface area contributed by atoms with Crippen LogP contribution in [0.2, 0.25) is 0 Å². The van der Waals surface area contributed by atoms with Crippen molar-refractivity contribution in [2.75, 3.05) is 0 Å². The molecule has 3 aromatic heterocycles. The lowest BCUT2D eigenvalue weighted by Gasteiger charge is -2.30. The molecule has 0 bridgehead atoms. The highest BCUT2D eigenvalue weighted by atomic mass is 14.9. The third-order valence-electron chi connectivity index (χ3n) is 12.9. The van der Waals surface area contributed by atoms with Gasteiger partial charge in [-0.3, -0.25) is 9.97 Å². The average molecular weight is 899 g/mol. The zero-order chi connectivity index (χ0) is 48.2. The van der Waals surface area contributed by atoms with Crippen molar-refractivity contribution in [1.82, 2.24) is 25.3 Å². The second-order valence-electron chi connectivity index (χ2n) is 19.8. The van der Waals surface area contributed by atoms with E-state index in [9.17, 15) is 0 Å². The Morgan fingerprint density at radius 1 is 0.853 bits per heavy atom. The summed E-state index contributed by atoms with van der Waals surface area (Å²) in [7, 11) is 0. The van der Waals surface area contributed by atoms with Crippen LogP contribution >= 0.6 is 0 Å². The van der Waals surface area contributed by atoms with Crippen LogP contribution in [0.5, 0.6) is 0 Å². The number of hydrogen-bond donors (Lipinski definition) is 2. The zero-order valence-corrected chi connectivity index (χ0v) is 41.7. The summed E-state index contributed by atoms with van der Waals surface area (Å²) in [5, 5.41) is 11.9. The molecule has 0 fully saturated rings. The highest BCUT2D eigenvalue weighted by molar-refractivity contribution is 5.90. The minimum atomic E-state index is 0.0468. The highest BCUT2D eigenvalue weighted by Gasteiger charge is 2.24. The van der Waals surface area contributed by atoms with Gasteiger partial charge in [0.25, 0.3) is 0 Å². The Hall–Kier alpha value is -6.79. The Balaban J connectivity index is 1.36. The van der Waals surface area contributed by atoms with Gasteiger partial charge >= 0.3 is 0 Å². The number of rotatable bonds is 19. The molecule has 348 valence electrons. The van der Waals surface area contributed by atoms with E-state index in [1.165, 1.54) is 22.4 Å². The first kappa shape index (κ1) is 49.1. The summed E-state index contributed by atoms with van der Waals surface area (Å²) >= 11 is 0. The van der Waals surface area contributed by atoms with E-state index in [1.54, 1.807) is 0 Å². The molecule has 0 saturated carbocycles. The molecule has 0 saturated heterocycles. The van der Waals surface area contributed by atoms with Gasteiger partial charge in [-0.15, -0.1) is 0 Å². The van der Waals surface area contributed by atoms with Crippen LogP contribution in [0.1, 0.15) is 131 Å². The number of benzene rings is 2. The van der Waals surface area contributed by atoms with Crippen LogP contribution in [0.25, 0.3) is 33.5 Å². The molecular weight excluding hydrogens is 829 g/mol. The summed E-state index contributed by atoms with van der Waals surface area (Å²) in [6.07, 6.45) is 27.4. The molecule has 2 aliphatic rings. The van der Waals surface area contributed by atoms with Crippen LogP contribution in [-0.4, -0.2) is 31.7 Å². The van der Waals surface area contributed by atoms with Gasteiger partial charge < -0.3 is 10.7 Å². The minimum Gasteiger partial charge on any atom is -0.382 e. The molecule has 5 aromatic rings. The number of allylic oxidation sites excluding steroid dienone is 14. The summed E-state index contributed by atoms with van der Waals surface area (Å²) in [5.41, 5.74) is 17.5. The predicted octanol–water partition coefficient (Wildman–Crippen LogP) is 15.2. The van der Waals surface area contributed by atoms with Crippen LogP contribution in [0.3, 0.4) is 0 Å². The maximum absolute atomic E-state index is 8.21. The maximum Gasteiger partial charge on any atom is 0.159 e. The van der Waals surface area contributed by atoms with Gasteiger partial charge in [0.1, 0.15) is 0 Å². The lowest BCUT2D eigenvalue weighted by Crippen LogP contribution is -2.33. The van der Waals surface area contributed by atoms with E-state index >= 15 is 0 Å². The van der Waals surface area contributed by atoms with E-state index in [-0.39, 0.29) is 11.5 Å². The number of dihydropyridines is 1. The molecule has 0 amide bonds. The number of nitrogens with zero attached hydrogens (tertiary/aromatic N) is 4. The third-order valence-corrected chi connectivity index (χ3v) is 12.9. The molecule has 2 N–H and O–H groups in total. The lowest BCUT2D eigenvalue weighted by atomic mass is 9.78. The third kappa shape index (κ3) is 14.1. The van der Waals surface area contributed by atoms with Gasteiger partial charge in [0.15, 0.2) is 5.82 Å². The first-order valence-electron chi connectivity index (χ1n) is 24.4. The van der Waals surface area contributed by atoms with E-state index in [0.29, 0.717) is 12.3 Å². The van der Waals surface area contributed by atoms with Crippen molar-refractivity contribution in [2.45, 2.75) is 113 Å². The number of hydrogen-bond acceptors (Lipinski definition) is 6. The molecule has 6 heteroatoms. The Labute approximate surface area is 406 Å². The first-order valence-corrected chi connectivity index (χ1v) is 24.4. The van der Waals surface area contributed by atoms with E-state index in [4.69, 9.17) is 25.3 Å². The lowest BCUT2D eigenvalue weighted by molar-refractivity contribution is 0.325. The Morgan fingerprint density at radius 2 is 1.60 bits per heavy atom. The molecule has 0 spiro atoms. The van der Waals surface area contributed by atoms with Crippen LogP contribution in [-0.2, 0) is 12.8 Å². The van der Waals surface area contributed by atoms with Crippen molar-refractivity contribution in [3.05, 3.63) is 215 Å². The van der Waals surface area contributed by atoms with Gasteiger partial charge in [0.2, 0.25) is 0 Å². The number of aryl methyl sites for hydroxylation is 2. The molecule has 2 unspecified atom stereocenters. The van der Waals surface area contributed by atoms with E-state index in [1.807, 2.05) is 45.0 Å². The summed E-state index contributed by atoms with van der Waals surface area (Å²) in [6.45, 7) is 21.9. The standard InChI is InChI=1S/C62H70N6/c1-42(34-54(59-28-18-21-48(7)66-59)35-44(3)58-27-17-20-47(6)65-58)53-36-50(29-30-51(41-62(8,9)32-31-45(4)63)33-43(2)57-26-16-19-46(5)64-57)37-55(39-53)60-40-56(38-49-22-12-10-13-23-49)67-61(68-60)52-24-14-11-15-25-52/h10,12-14,16-28,30,34-37,39-40,43,57,63-64H,3,11,15,29,31-33,38,41H2,1-2,4-9H3/b42-34+,51-30+,54-35+,63-45?.